The second-order valence-corrected chi connectivity index (χ2v) is 4.69. The van der Waals surface area contributed by atoms with Crippen molar-refractivity contribution in [3.05, 3.63) is 35.9 Å². The Morgan fingerprint density at radius 1 is 0.824 bits per heavy atom. The Bertz CT molecular complexity index is 255. The lowest BCUT2D eigenvalue weighted by atomic mass is 10.0. The lowest BCUT2D eigenvalue weighted by Crippen LogP contribution is -1.87. The lowest BCUT2D eigenvalue weighted by Gasteiger charge is -2.02. The van der Waals surface area contributed by atoms with Crippen LogP contribution in [-0.2, 0) is 6.42 Å². The number of hydrogen-bond acceptors (Lipinski definition) is 1. The van der Waals surface area contributed by atoms with Crippen LogP contribution in [0.3, 0.4) is 0 Å². The van der Waals surface area contributed by atoms with Crippen molar-refractivity contribution in [1.82, 2.24) is 0 Å². The van der Waals surface area contributed by atoms with Crippen molar-refractivity contribution in [3.63, 3.8) is 0 Å². The van der Waals surface area contributed by atoms with E-state index < -0.39 is 0 Å². The van der Waals surface area contributed by atoms with E-state index in [0.29, 0.717) is 6.61 Å². The molecule has 95 valence electrons. The summed E-state index contributed by atoms with van der Waals surface area (Å²) in [5, 5.41) is 8.64. The molecule has 0 atom stereocenters. The highest BCUT2D eigenvalue weighted by Crippen LogP contribution is 2.10. The van der Waals surface area contributed by atoms with Gasteiger partial charge in [-0.2, -0.15) is 0 Å². The fourth-order valence-corrected chi connectivity index (χ4v) is 2.07. The van der Waals surface area contributed by atoms with Gasteiger partial charge in [-0.15, -0.1) is 0 Å². The van der Waals surface area contributed by atoms with Crippen molar-refractivity contribution < 1.29 is 5.11 Å². The van der Waals surface area contributed by atoms with Crippen LogP contribution in [0.5, 0.6) is 0 Å². The summed E-state index contributed by atoms with van der Waals surface area (Å²) < 4.78 is 0. The third-order valence-electron chi connectivity index (χ3n) is 3.13. The molecule has 1 radical (unpaired) electrons. The van der Waals surface area contributed by atoms with E-state index in [1.807, 2.05) is 12.1 Å². The Morgan fingerprint density at radius 2 is 1.47 bits per heavy atom. The quantitative estimate of drug-likeness (QED) is 0.602. The monoisotopic (exact) mass is 233 g/mol. The molecule has 1 aromatic carbocycles. The summed E-state index contributed by atoms with van der Waals surface area (Å²) >= 11 is 0. The van der Waals surface area contributed by atoms with Crippen LogP contribution in [0.2, 0.25) is 0 Å². The molecule has 0 unspecified atom stereocenters. The maximum atomic E-state index is 8.64. The summed E-state index contributed by atoms with van der Waals surface area (Å²) in [6, 6.07) is 11.5. The molecule has 0 amide bonds. The van der Waals surface area contributed by atoms with E-state index in [2.05, 4.69) is 18.2 Å². The van der Waals surface area contributed by atoms with E-state index >= 15 is 0 Å². The number of aryl methyl sites for hydroxylation is 1. The number of hydrogen-bond donors (Lipinski definition) is 1. The van der Waals surface area contributed by atoms with E-state index in [9.17, 15) is 0 Å². The van der Waals surface area contributed by atoms with Gasteiger partial charge in [0, 0.05) is 6.61 Å². The number of rotatable bonds is 10. The fourth-order valence-electron chi connectivity index (χ4n) is 2.07. The third kappa shape index (κ3) is 7.98. The van der Waals surface area contributed by atoms with Crippen LogP contribution in [0.4, 0.5) is 0 Å². The smallest absolute Gasteiger partial charge is 0.0431 e. The van der Waals surface area contributed by atoms with Gasteiger partial charge in [0.25, 0.3) is 0 Å². The first-order valence-corrected chi connectivity index (χ1v) is 7.00. The predicted octanol–water partition coefficient (Wildman–Crippen LogP) is 4.14. The van der Waals surface area contributed by atoms with Crippen LogP contribution in [-0.4, -0.2) is 11.7 Å². The van der Waals surface area contributed by atoms with E-state index in [1.165, 1.54) is 56.9 Å². The molecule has 0 heterocycles. The molecule has 1 aromatic rings. The first-order valence-electron chi connectivity index (χ1n) is 7.00. The van der Waals surface area contributed by atoms with Gasteiger partial charge in [-0.25, -0.2) is 0 Å². The molecule has 17 heavy (non-hydrogen) atoms. The summed E-state index contributed by atoms with van der Waals surface area (Å²) in [5.41, 5.74) is 1.34. The Kier molecular flexibility index (Phi) is 8.66. The summed E-state index contributed by atoms with van der Waals surface area (Å²) in [7, 11) is 0. The van der Waals surface area contributed by atoms with Gasteiger partial charge in [-0.1, -0.05) is 62.8 Å². The van der Waals surface area contributed by atoms with Crippen LogP contribution < -0.4 is 0 Å². The number of unbranched alkanes of at least 4 members (excludes halogenated alkanes) is 7. The van der Waals surface area contributed by atoms with Gasteiger partial charge in [-0.3, -0.25) is 0 Å². The highest BCUT2D eigenvalue weighted by atomic mass is 16.2. The Balaban J connectivity index is 1.85. The summed E-state index contributed by atoms with van der Waals surface area (Å²) in [5.74, 6) is 0. The zero-order chi connectivity index (χ0) is 12.2. The van der Waals surface area contributed by atoms with Gasteiger partial charge in [0.2, 0.25) is 0 Å². The Labute approximate surface area is 106 Å². The van der Waals surface area contributed by atoms with Crippen molar-refractivity contribution in [2.24, 2.45) is 0 Å². The number of aliphatic hydroxyl groups is 1. The van der Waals surface area contributed by atoms with Gasteiger partial charge in [0.1, 0.15) is 0 Å². The SMILES string of the molecule is OCCCCCCCCCCc1[c]cccc1. The predicted molar refractivity (Wildman–Crippen MR) is 73.0 cm³/mol. The minimum atomic E-state index is 0.355. The summed E-state index contributed by atoms with van der Waals surface area (Å²) in [6.07, 6.45) is 11.3. The van der Waals surface area contributed by atoms with Crippen LogP contribution >= 0.6 is 0 Å². The average Bonchev–Trinajstić information content (AvgIpc) is 2.38. The number of aliphatic hydroxyl groups excluding tert-OH is 1. The highest BCUT2D eigenvalue weighted by Gasteiger charge is 1.94. The largest absolute Gasteiger partial charge is 0.396 e. The summed E-state index contributed by atoms with van der Waals surface area (Å²) in [6.45, 7) is 0.355. The minimum Gasteiger partial charge on any atom is -0.396 e. The molecular formula is C16H25O. The van der Waals surface area contributed by atoms with Crippen LogP contribution in [0.15, 0.2) is 24.3 Å². The normalized spacial score (nSPS) is 10.6. The molecule has 0 spiro atoms. The van der Waals surface area contributed by atoms with Crippen molar-refractivity contribution in [2.45, 2.75) is 57.8 Å². The topological polar surface area (TPSA) is 20.2 Å². The molecule has 0 aliphatic carbocycles. The molecule has 0 saturated carbocycles. The molecular weight excluding hydrogens is 208 g/mol. The second-order valence-electron chi connectivity index (χ2n) is 4.69. The van der Waals surface area contributed by atoms with Crippen molar-refractivity contribution >= 4 is 0 Å². The molecule has 0 saturated heterocycles. The molecule has 0 aliphatic heterocycles. The highest BCUT2D eigenvalue weighted by molar-refractivity contribution is 5.12. The van der Waals surface area contributed by atoms with Crippen LogP contribution in [0.25, 0.3) is 0 Å². The van der Waals surface area contributed by atoms with E-state index in [4.69, 9.17) is 5.11 Å². The van der Waals surface area contributed by atoms with E-state index in [-0.39, 0.29) is 0 Å². The minimum absolute atomic E-state index is 0.355. The zero-order valence-electron chi connectivity index (χ0n) is 10.8. The van der Waals surface area contributed by atoms with Crippen LogP contribution in [0.1, 0.15) is 56.9 Å². The first-order chi connectivity index (χ1) is 8.43. The average molecular weight is 233 g/mol. The standard InChI is InChI=1S/C16H25O/c17-15-11-6-4-2-1-3-5-8-12-16-13-9-7-10-14-16/h7,9-10,13,17H,1-6,8,11-12,15H2. The Morgan fingerprint density at radius 3 is 2.06 bits per heavy atom. The van der Waals surface area contributed by atoms with Gasteiger partial charge < -0.3 is 5.11 Å². The molecule has 0 fully saturated rings. The lowest BCUT2D eigenvalue weighted by molar-refractivity contribution is 0.282. The second kappa shape index (κ2) is 10.3. The van der Waals surface area contributed by atoms with Crippen LogP contribution in [0, 0.1) is 6.07 Å². The van der Waals surface area contributed by atoms with Gasteiger partial charge in [0.05, 0.1) is 0 Å². The molecule has 0 bridgehead atoms. The van der Waals surface area contributed by atoms with Crippen molar-refractivity contribution in [2.75, 3.05) is 6.61 Å². The van der Waals surface area contributed by atoms with Crippen molar-refractivity contribution in [1.29, 1.82) is 0 Å². The Hall–Kier alpha value is -0.820. The molecule has 0 aromatic heterocycles. The molecule has 1 nitrogen and oxygen atoms in total. The third-order valence-corrected chi connectivity index (χ3v) is 3.13. The number of benzene rings is 1. The molecule has 1 N–H and O–H groups in total. The zero-order valence-corrected chi connectivity index (χ0v) is 10.8. The fraction of sp³-hybridized carbons (Fsp3) is 0.625. The van der Waals surface area contributed by atoms with Gasteiger partial charge in [-0.05, 0) is 30.9 Å². The molecule has 1 rings (SSSR count). The molecule has 1 heteroatoms. The molecule has 0 aliphatic rings. The first kappa shape index (κ1) is 14.2. The maximum absolute atomic E-state index is 8.64. The van der Waals surface area contributed by atoms with E-state index in [0.717, 1.165) is 6.42 Å². The summed E-state index contributed by atoms with van der Waals surface area (Å²) in [4.78, 5) is 0. The van der Waals surface area contributed by atoms with Crippen molar-refractivity contribution in [3.8, 4) is 0 Å². The van der Waals surface area contributed by atoms with E-state index in [1.54, 1.807) is 0 Å². The van der Waals surface area contributed by atoms with Gasteiger partial charge >= 0.3 is 0 Å². The maximum Gasteiger partial charge on any atom is 0.0431 e. The van der Waals surface area contributed by atoms with Gasteiger partial charge in [0.15, 0.2) is 0 Å².